The maximum atomic E-state index is 13.1. The first kappa shape index (κ1) is 22.5. The summed E-state index contributed by atoms with van der Waals surface area (Å²) < 4.78 is 0. The van der Waals surface area contributed by atoms with E-state index in [2.05, 4.69) is 38.3 Å². The summed E-state index contributed by atoms with van der Waals surface area (Å²) in [5, 5.41) is 6.09. The molecule has 2 amide bonds. The standard InChI is InChI=1S/C25H38N2O4/c1-20(2)22(5)8-10-24(20,14-16(22)28)18(30)26-12-7-13-27-19(31)25-11-9-23(6,17(29)15-25)21(25,3)4/h7-15H2,1-6H3,(H,26,30)(H,27,31)/t22-,23+,24+,25-. The maximum absolute atomic E-state index is 13.1. The molecule has 172 valence electrons. The van der Waals surface area contributed by atoms with Crippen LogP contribution >= 0.6 is 0 Å². The summed E-state index contributed by atoms with van der Waals surface area (Å²) >= 11 is 0. The van der Waals surface area contributed by atoms with Gasteiger partial charge in [-0.15, -0.1) is 0 Å². The van der Waals surface area contributed by atoms with Crippen LogP contribution in [0.15, 0.2) is 0 Å². The van der Waals surface area contributed by atoms with Crippen molar-refractivity contribution in [3.63, 3.8) is 0 Å². The lowest BCUT2D eigenvalue weighted by Gasteiger charge is -2.39. The first-order chi connectivity index (χ1) is 14.2. The van der Waals surface area contributed by atoms with Gasteiger partial charge in [-0.2, -0.15) is 0 Å². The van der Waals surface area contributed by atoms with E-state index in [9.17, 15) is 19.2 Å². The van der Waals surface area contributed by atoms with Gasteiger partial charge in [-0.05, 0) is 42.9 Å². The largest absolute Gasteiger partial charge is 0.356 e. The Kier molecular flexibility index (Phi) is 4.65. The maximum Gasteiger partial charge on any atom is 0.227 e. The summed E-state index contributed by atoms with van der Waals surface area (Å²) in [6, 6.07) is 0. The second-order valence-electron chi connectivity index (χ2n) is 12.1. The molecular weight excluding hydrogens is 392 g/mol. The van der Waals surface area contributed by atoms with Crippen molar-refractivity contribution in [1.82, 2.24) is 10.6 Å². The van der Waals surface area contributed by atoms with Crippen LogP contribution in [0.2, 0.25) is 0 Å². The number of ketones is 2. The predicted molar refractivity (Wildman–Crippen MR) is 117 cm³/mol. The molecule has 6 nitrogen and oxygen atoms in total. The van der Waals surface area contributed by atoms with Crippen molar-refractivity contribution in [1.29, 1.82) is 0 Å². The van der Waals surface area contributed by atoms with Crippen molar-refractivity contribution in [2.75, 3.05) is 13.1 Å². The van der Waals surface area contributed by atoms with Crippen molar-refractivity contribution >= 4 is 23.4 Å². The number of carbonyl (C=O) groups is 4. The lowest BCUT2D eigenvalue weighted by atomic mass is 9.64. The van der Waals surface area contributed by atoms with Crippen molar-refractivity contribution in [2.24, 2.45) is 32.5 Å². The van der Waals surface area contributed by atoms with Crippen LogP contribution in [0.5, 0.6) is 0 Å². The van der Waals surface area contributed by atoms with Crippen LogP contribution in [0, 0.1) is 32.5 Å². The fourth-order valence-corrected chi connectivity index (χ4v) is 7.55. The molecule has 4 aliphatic rings. The molecule has 4 bridgehead atoms. The third-order valence-corrected chi connectivity index (χ3v) is 11.2. The molecule has 31 heavy (non-hydrogen) atoms. The van der Waals surface area contributed by atoms with Crippen molar-refractivity contribution in [2.45, 2.75) is 86.5 Å². The zero-order valence-corrected chi connectivity index (χ0v) is 20.0. The number of fused-ring (bicyclic) bond motifs is 4. The smallest absolute Gasteiger partial charge is 0.227 e. The molecular formula is C25H38N2O4. The highest BCUT2D eigenvalue weighted by Crippen LogP contribution is 2.71. The summed E-state index contributed by atoms with van der Waals surface area (Å²) in [6.45, 7) is 13.2. The van der Waals surface area contributed by atoms with E-state index < -0.39 is 21.7 Å². The van der Waals surface area contributed by atoms with Gasteiger partial charge in [0.25, 0.3) is 0 Å². The number of hydrogen-bond donors (Lipinski definition) is 2. The monoisotopic (exact) mass is 430 g/mol. The molecule has 4 saturated carbocycles. The Labute approximate surface area is 185 Å². The second-order valence-corrected chi connectivity index (χ2v) is 12.1. The van der Waals surface area contributed by atoms with Gasteiger partial charge in [0.1, 0.15) is 11.6 Å². The molecule has 4 atom stereocenters. The van der Waals surface area contributed by atoms with E-state index in [1.807, 2.05) is 13.8 Å². The number of nitrogens with one attached hydrogen (secondary N) is 2. The summed E-state index contributed by atoms with van der Waals surface area (Å²) in [7, 11) is 0. The van der Waals surface area contributed by atoms with Gasteiger partial charge < -0.3 is 10.6 Å². The average molecular weight is 431 g/mol. The van der Waals surface area contributed by atoms with Crippen molar-refractivity contribution in [3.05, 3.63) is 0 Å². The molecule has 4 aliphatic carbocycles. The Bertz CT molecular complexity index is 807. The van der Waals surface area contributed by atoms with E-state index in [0.717, 1.165) is 25.7 Å². The third kappa shape index (κ3) is 2.40. The third-order valence-electron chi connectivity index (χ3n) is 11.2. The topological polar surface area (TPSA) is 92.3 Å². The summed E-state index contributed by atoms with van der Waals surface area (Å²) in [5.74, 6) is 0.377. The van der Waals surface area contributed by atoms with Crippen LogP contribution in [0.4, 0.5) is 0 Å². The molecule has 0 unspecified atom stereocenters. The molecule has 2 N–H and O–H groups in total. The van der Waals surface area contributed by atoms with Gasteiger partial charge in [-0.3, -0.25) is 19.2 Å². The number of rotatable bonds is 6. The molecule has 4 rings (SSSR count). The van der Waals surface area contributed by atoms with Gasteiger partial charge in [0.15, 0.2) is 0 Å². The minimum absolute atomic E-state index is 0.0222. The van der Waals surface area contributed by atoms with E-state index in [-0.39, 0.29) is 34.2 Å². The van der Waals surface area contributed by atoms with Gasteiger partial charge in [-0.1, -0.05) is 41.5 Å². The molecule has 0 aromatic carbocycles. The highest BCUT2D eigenvalue weighted by molar-refractivity contribution is 6.00. The lowest BCUT2D eigenvalue weighted by Crippen LogP contribution is -2.48. The molecule has 0 spiro atoms. The Morgan fingerprint density at radius 3 is 1.29 bits per heavy atom. The molecule has 0 saturated heterocycles. The first-order valence-electron chi connectivity index (χ1n) is 11.9. The minimum Gasteiger partial charge on any atom is -0.356 e. The Balaban J connectivity index is 1.30. The summed E-state index contributed by atoms with van der Waals surface area (Å²) in [6.07, 6.45) is 4.37. The van der Waals surface area contributed by atoms with Crippen molar-refractivity contribution < 1.29 is 19.2 Å². The predicted octanol–water partition coefficient (Wildman–Crippen LogP) is 3.18. The Morgan fingerprint density at radius 1 is 0.677 bits per heavy atom. The SMILES string of the molecule is CC1(C)[C@]2(C(=O)NCCCNC(=O)[C@]34CC[C@](C)(C(=O)C3)C4(C)C)CC[C@@]1(C)C(=O)C2. The van der Waals surface area contributed by atoms with Crippen molar-refractivity contribution in [3.8, 4) is 0 Å². The molecule has 0 radical (unpaired) electrons. The van der Waals surface area contributed by atoms with E-state index in [0.29, 0.717) is 32.4 Å². The Morgan fingerprint density at radius 2 is 1.03 bits per heavy atom. The van der Waals surface area contributed by atoms with Crippen LogP contribution in [-0.2, 0) is 19.2 Å². The molecule has 0 aliphatic heterocycles. The summed E-state index contributed by atoms with van der Waals surface area (Å²) in [5.41, 5.74) is -2.71. The van der Waals surface area contributed by atoms with Crippen LogP contribution in [0.1, 0.15) is 86.5 Å². The highest BCUT2D eigenvalue weighted by Gasteiger charge is 2.73. The van der Waals surface area contributed by atoms with Gasteiger partial charge in [0.05, 0.1) is 10.8 Å². The van der Waals surface area contributed by atoms with Gasteiger partial charge in [0.2, 0.25) is 11.8 Å². The highest BCUT2D eigenvalue weighted by atomic mass is 16.2. The minimum atomic E-state index is -0.608. The van der Waals surface area contributed by atoms with Gasteiger partial charge >= 0.3 is 0 Å². The molecule has 0 aromatic rings. The van der Waals surface area contributed by atoms with Gasteiger partial charge in [-0.25, -0.2) is 0 Å². The van der Waals surface area contributed by atoms with E-state index in [4.69, 9.17) is 0 Å². The Hall–Kier alpha value is -1.72. The normalized spacial score (nSPS) is 41.6. The summed E-state index contributed by atoms with van der Waals surface area (Å²) in [4.78, 5) is 51.3. The first-order valence-corrected chi connectivity index (χ1v) is 11.9. The van der Waals surface area contributed by atoms with Crippen LogP contribution in [-0.4, -0.2) is 36.5 Å². The number of hydrogen-bond acceptors (Lipinski definition) is 4. The average Bonchev–Trinajstić information content (AvgIpc) is 3.15. The van der Waals surface area contributed by atoms with Crippen LogP contribution in [0.3, 0.4) is 0 Å². The lowest BCUT2D eigenvalue weighted by molar-refractivity contribution is -0.136. The van der Waals surface area contributed by atoms with E-state index in [1.54, 1.807) is 0 Å². The second kappa shape index (κ2) is 6.41. The van der Waals surface area contributed by atoms with Crippen LogP contribution < -0.4 is 10.6 Å². The molecule has 6 heteroatoms. The fourth-order valence-electron chi connectivity index (χ4n) is 7.55. The quantitative estimate of drug-likeness (QED) is 0.633. The number of amides is 2. The zero-order chi connectivity index (χ0) is 23.1. The van der Waals surface area contributed by atoms with E-state index >= 15 is 0 Å². The van der Waals surface area contributed by atoms with Gasteiger partial charge in [0, 0.05) is 36.8 Å². The number of carbonyl (C=O) groups excluding carboxylic acids is 4. The number of Topliss-reactive ketones (excluding diaryl/α,β-unsaturated/α-hetero) is 2. The fraction of sp³-hybridized carbons (Fsp3) is 0.840. The van der Waals surface area contributed by atoms with Crippen LogP contribution in [0.25, 0.3) is 0 Å². The molecule has 0 heterocycles. The zero-order valence-electron chi connectivity index (χ0n) is 20.0. The molecule has 0 aromatic heterocycles. The molecule has 4 fully saturated rings. The van der Waals surface area contributed by atoms with E-state index in [1.165, 1.54) is 0 Å².